The molecule has 0 atom stereocenters. The summed E-state index contributed by atoms with van der Waals surface area (Å²) in [4.78, 5) is 15.7. The molecule has 0 aliphatic carbocycles. The van der Waals surface area contributed by atoms with Crippen LogP contribution in [0.15, 0.2) is 58.7 Å². The van der Waals surface area contributed by atoms with E-state index in [1.165, 1.54) is 24.5 Å². The Kier molecular flexibility index (Phi) is 3.97. The third-order valence-corrected chi connectivity index (χ3v) is 5.14. The van der Waals surface area contributed by atoms with Gasteiger partial charge in [-0.1, -0.05) is 30.3 Å². The zero-order chi connectivity index (χ0) is 18.3. The number of hydrogen-bond acceptors (Lipinski definition) is 4. The number of thiophene rings is 1. The van der Waals surface area contributed by atoms with Gasteiger partial charge in [0.2, 0.25) is 0 Å². The Labute approximate surface area is 152 Å². The summed E-state index contributed by atoms with van der Waals surface area (Å²) in [6.07, 6.45) is 0. The number of fused-ring (bicyclic) bond motifs is 1. The number of halogens is 1. The van der Waals surface area contributed by atoms with Crippen molar-refractivity contribution in [2.45, 2.75) is 0 Å². The van der Waals surface area contributed by atoms with Crippen LogP contribution in [0.1, 0.15) is 0 Å². The summed E-state index contributed by atoms with van der Waals surface area (Å²) in [5.74, 6) is -0.203. The first kappa shape index (κ1) is 16.4. The fourth-order valence-electron chi connectivity index (χ4n) is 3.00. The molecule has 0 fully saturated rings. The average Bonchev–Trinajstić information content (AvgIpc) is 3.06. The molecule has 4 rings (SSSR count). The van der Waals surface area contributed by atoms with Gasteiger partial charge < -0.3 is 14.8 Å². The number of aromatic nitrogens is 1. The van der Waals surface area contributed by atoms with Gasteiger partial charge in [0.15, 0.2) is 0 Å². The number of methoxy groups -OCH3 is 1. The van der Waals surface area contributed by atoms with Crippen molar-refractivity contribution in [3.05, 3.63) is 70.1 Å². The minimum Gasteiger partial charge on any atom is -0.506 e. The molecular formula is C20H14FNO3S. The van der Waals surface area contributed by atoms with Crippen molar-refractivity contribution in [2.24, 2.45) is 0 Å². The summed E-state index contributed by atoms with van der Waals surface area (Å²) < 4.78 is 19.6. The number of ether oxygens (including phenoxy) is 1. The highest BCUT2D eigenvalue weighted by atomic mass is 32.1. The molecule has 0 saturated heterocycles. The Morgan fingerprint density at radius 3 is 2.58 bits per heavy atom. The number of hydrogen-bond donors (Lipinski definition) is 2. The predicted molar refractivity (Wildman–Crippen MR) is 101 cm³/mol. The highest BCUT2D eigenvalue weighted by molar-refractivity contribution is 7.17. The Morgan fingerprint density at radius 2 is 1.88 bits per heavy atom. The van der Waals surface area contributed by atoms with E-state index in [1.54, 1.807) is 41.8 Å². The first-order chi connectivity index (χ1) is 12.6. The van der Waals surface area contributed by atoms with Crippen LogP contribution in [-0.2, 0) is 0 Å². The van der Waals surface area contributed by atoms with E-state index in [2.05, 4.69) is 4.98 Å². The van der Waals surface area contributed by atoms with Crippen LogP contribution in [0.3, 0.4) is 0 Å². The van der Waals surface area contributed by atoms with Crippen molar-refractivity contribution in [2.75, 3.05) is 7.11 Å². The summed E-state index contributed by atoms with van der Waals surface area (Å²) in [6.45, 7) is 0. The standard InChI is InChI=1S/C20H14FNO3S/c1-25-12-7-8-13(15(21)9-12)14-10-26-20-17(14)18(23)16(19(24)22-20)11-5-3-2-4-6-11/h2-10H,1H3,(H2,22,23,24). The summed E-state index contributed by atoms with van der Waals surface area (Å²) in [5.41, 5.74) is 1.24. The number of aromatic hydroxyl groups is 1. The normalized spacial score (nSPS) is 11.0. The smallest absolute Gasteiger partial charge is 0.260 e. The molecule has 0 saturated carbocycles. The highest BCUT2D eigenvalue weighted by Crippen LogP contribution is 2.42. The van der Waals surface area contributed by atoms with Crippen LogP contribution in [0, 0.1) is 5.82 Å². The van der Waals surface area contributed by atoms with Gasteiger partial charge in [-0.05, 0) is 17.7 Å². The lowest BCUT2D eigenvalue weighted by Gasteiger charge is -2.08. The molecule has 2 aromatic heterocycles. The molecule has 0 unspecified atom stereocenters. The molecule has 2 heterocycles. The zero-order valence-corrected chi connectivity index (χ0v) is 14.6. The maximum atomic E-state index is 14.5. The summed E-state index contributed by atoms with van der Waals surface area (Å²) in [5, 5.41) is 13.0. The molecule has 2 aromatic carbocycles. The Hall–Kier alpha value is -3.12. The highest BCUT2D eigenvalue weighted by Gasteiger charge is 2.20. The van der Waals surface area contributed by atoms with Crippen molar-refractivity contribution < 1.29 is 14.2 Å². The van der Waals surface area contributed by atoms with Crippen LogP contribution in [0.5, 0.6) is 11.5 Å². The molecule has 0 aliphatic heterocycles. The van der Waals surface area contributed by atoms with Crippen LogP contribution in [0.25, 0.3) is 32.5 Å². The molecule has 0 bridgehead atoms. The third-order valence-electron chi connectivity index (χ3n) is 4.25. The van der Waals surface area contributed by atoms with Crippen LogP contribution in [0.2, 0.25) is 0 Å². The lowest BCUT2D eigenvalue weighted by molar-refractivity contribution is 0.411. The predicted octanol–water partition coefficient (Wildman–Crippen LogP) is 4.78. The first-order valence-electron chi connectivity index (χ1n) is 7.86. The van der Waals surface area contributed by atoms with Gasteiger partial charge in [-0.25, -0.2) is 4.39 Å². The maximum absolute atomic E-state index is 14.5. The lowest BCUT2D eigenvalue weighted by Crippen LogP contribution is -2.08. The Morgan fingerprint density at radius 1 is 1.12 bits per heavy atom. The largest absolute Gasteiger partial charge is 0.506 e. The SMILES string of the molecule is COc1ccc(-c2csc3[nH]c(=O)c(-c4ccccc4)c(O)c23)c(F)c1. The molecule has 2 N–H and O–H groups in total. The van der Waals surface area contributed by atoms with Crippen LogP contribution >= 0.6 is 11.3 Å². The molecule has 4 aromatic rings. The average molecular weight is 367 g/mol. The van der Waals surface area contributed by atoms with Gasteiger partial charge in [-0.15, -0.1) is 11.3 Å². The number of H-pyrrole nitrogens is 1. The van der Waals surface area contributed by atoms with E-state index >= 15 is 0 Å². The van der Waals surface area contributed by atoms with Gasteiger partial charge in [0.25, 0.3) is 5.56 Å². The van der Waals surface area contributed by atoms with Crippen LogP contribution < -0.4 is 10.3 Å². The topological polar surface area (TPSA) is 62.3 Å². The van der Waals surface area contributed by atoms with E-state index in [9.17, 15) is 14.3 Å². The van der Waals surface area contributed by atoms with E-state index < -0.39 is 5.82 Å². The molecule has 4 nitrogen and oxygen atoms in total. The quantitative estimate of drug-likeness (QED) is 0.548. The number of nitrogens with one attached hydrogen (secondary N) is 1. The molecule has 0 amide bonds. The summed E-state index contributed by atoms with van der Waals surface area (Å²) in [7, 11) is 1.47. The van der Waals surface area contributed by atoms with Gasteiger partial charge in [0, 0.05) is 22.6 Å². The molecule has 26 heavy (non-hydrogen) atoms. The van der Waals surface area contributed by atoms with Crippen LogP contribution in [0.4, 0.5) is 4.39 Å². The van der Waals surface area contributed by atoms with Gasteiger partial charge in [-0.2, -0.15) is 0 Å². The molecule has 6 heteroatoms. The minimum absolute atomic E-state index is 0.151. The van der Waals surface area contributed by atoms with Gasteiger partial charge in [0.05, 0.1) is 18.1 Å². The second-order valence-corrected chi connectivity index (χ2v) is 6.62. The number of pyridine rings is 1. The van der Waals surface area contributed by atoms with E-state index in [0.717, 1.165) is 0 Å². The molecular weight excluding hydrogens is 353 g/mol. The molecule has 130 valence electrons. The second-order valence-electron chi connectivity index (χ2n) is 5.74. The summed E-state index contributed by atoms with van der Waals surface area (Å²) in [6, 6.07) is 13.4. The first-order valence-corrected chi connectivity index (χ1v) is 8.74. The van der Waals surface area contributed by atoms with Crippen molar-refractivity contribution in [3.8, 4) is 33.8 Å². The van der Waals surface area contributed by atoms with Crippen molar-refractivity contribution in [1.29, 1.82) is 0 Å². The van der Waals surface area contributed by atoms with Gasteiger partial charge >= 0.3 is 0 Å². The fourth-order valence-corrected chi connectivity index (χ4v) is 3.95. The molecule has 0 aliphatic rings. The zero-order valence-electron chi connectivity index (χ0n) is 13.7. The number of rotatable bonds is 3. The Balaban J connectivity index is 2.01. The number of benzene rings is 2. The fraction of sp³-hybridized carbons (Fsp3) is 0.0500. The van der Waals surface area contributed by atoms with Gasteiger partial charge in [0.1, 0.15) is 22.1 Å². The minimum atomic E-state index is -0.462. The molecule has 0 spiro atoms. The van der Waals surface area contributed by atoms with Crippen molar-refractivity contribution in [3.63, 3.8) is 0 Å². The van der Waals surface area contributed by atoms with Gasteiger partial charge in [-0.3, -0.25) is 4.79 Å². The maximum Gasteiger partial charge on any atom is 0.260 e. The van der Waals surface area contributed by atoms with Crippen LogP contribution in [-0.4, -0.2) is 17.2 Å². The van der Waals surface area contributed by atoms with Crippen molar-refractivity contribution in [1.82, 2.24) is 4.98 Å². The van der Waals surface area contributed by atoms with E-state index in [1.807, 2.05) is 6.07 Å². The van der Waals surface area contributed by atoms with Crippen molar-refractivity contribution >= 4 is 21.6 Å². The Bertz CT molecular complexity index is 1170. The second kappa shape index (κ2) is 6.31. The van der Waals surface area contributed by atoms with E-state index in [0.29, 0.717) is 32.7 Å². The monoisotopic (exact) mass is 367 g/mol. The van der Waals surface area contributed by atoms with E-state index in [-0.39, 0.29) is 16.9 Å². The molecule has 0 radical (unpaired) electrons. The number of aromatic amines is 1. The third kappa shape index (κ3) is 2.55. The van der Waals surface area contributed by atoms with E-state index in [4.69, 9.17) is 4.74 Å². The lowest BCUT2D eigenvalue weighted by atomic mass is 10.0. The summed E-state index contributed by atoms with van der Waals surface area (Å²) >= 11 is 1.25.